The summed E-state index contributed by atoms with van der Waals surface area (Å²) in [4.78, 5) is 16.2. The number of aromatic nitrogens is 2. The maximum absolute atomic E-state index is 10.5. The quantitative estimate of drug-likeness (QED) is 0.393. The van der Waals surface area contributed by atoms with Gasteiger partial charge in [0.25, 0.3) is 5.56 Å². The van der Waals surface area contributed by atoms with E-state index in [-0.39, 0.29) is 22.8 Å². The zero-order valence-corrected chi connectivity index (χ0v) is 5.09. The van der Waals surface area contributed by atoms with Crippen LogP contribution in [0.4, 0.5) is 11.8 Å². The van der Waals surface area contributed by atoms with Gasteiger partial charge >= 0.3 is 0 Å². The first kappa shape index (κ1) is 8.44. The van der Waals surface area contributed by atoms with Crippen LogP contribution < -0.4 is 17.0 Å². The van der Waals surface area contributed by atoms with E-state index < -0.39 is 0 Å². The Hall–Kier alpha value is -1.56. The van der Waals surface area contributed by atoms with Crippen LogP contribution in [0.5, 0.6) is 0 Å². The lowest BCUT2D eigenvalue weighted by Crippen LogP contribution is -2.11. The predicted molar refractivity (Wildman–Crippen MR) is 37.3 cm³/mol. The van der Waals surface area contributed by atoms with Gasteiger partial charge in [-0.15, -0.1) is 0 Å². The van der Waals surface area contributed by atoms with Crippen molar-refractivity contribution >= 4 is 11.8 Å². The Labute approximate surface area is 56.2 Å². The molecule has 0 atom stereocenters. The molecule has 6 nitrogen and oxygen atoms in total. The highest BCUT2D eigenvalue weighted by molar-refractivity contribution is 5.31. The number of anilines is 2. The molecule has 0 aliphatic carbocycles. The summed E-state index contributed by atoms with van der Waals surface area (Å²) >= 11 is 0. The Morgan fingerprint density at radius 2 is 2.10 bits per heavy atom. The van der Waals surface area contributed by atoms with Gasteiger partial charge in [0.05, 0.1) is 0 Å². The lowest BCUT2D eigenvalue weighted by atomic mass is 10.6. The summed E-state index contributed by atoms with van der Waals surface area (Å²) in [6, 6.07) is 1.16. The zero-order valence-electron chi connectivity index (χ0n) is 5.09. The van der Waals surface area contributed by atoms with Gasteiger partial charge in [0, 0.05) is 6.07 Å². The number of aromatic amines is 1. The van der Waals surface area contributed by atoms with Gasteiger partial charge in [0.1, 0.15) is 5.82 Å². The highest BCUT2D eigenvalue weighted by Crippen LogP contribution is 1.89. The molecule has 0 amide bonds. The second-order valence-electron chi connectivity index (χ2n) is 1.56. The van der Waals surface area contributed by atoms with Crippen molar-refractivity contribution in [3.8, 4) is 0 Å². The Balaban J connectivity index is 0.000000810. The Bertz CT molecular complexity index is 245. The standard InChI is InChI=1S/C4H6N4O.H2O/c5-2-1-3(9)8-4(6)7-2;/h1H,(H5,5,6,7,8,9);1H2. The Kier molecular flexibility index (Phi) is 2.39. The van der Waals surface area contributed by atoms with Gasteiger partial charge in [-0.3, -0.25) is 9.78 Å². The summed E-state index contributed by atoms with van der Waals surface area (Å²) in [6.45, 7) is 0. The molecule has 10 heavy (non-hydrogen) atoms. The molecule has 0 unspecified atom stereocenters. The second kappa shape index (κ2) is 2.83. The third-order valence-corrected chi connectivity index (χ3v) is 0.780. The van der Waals surface area contributed by atoms with Gasteiger partial charge < -0.3 is 16.9 Å². The highest BCUT2D eigenvalue weighted by atomic mass is 16.1. The summed E-state index contributed by atoms with van der Waals surface area (Å²) in [5.74, 6) is 0.177. The predicted octanol–water partition coefficient (Wildman–Crippen LogP) is -1.89. The van der Waals surface area contributed by atoms with Crippen molar-refractivity contribution in [2.75, 3.05) is 11.5 Å². The van der Waals surface area contributed by atoms with Crippen molar-refractivity contribution in [2.45, 2.75) is 0 Å². The van der Waals surface area contributed by atoms with E-state index in [0.29, 0.717) is 0 Å². The maximum atomic E-state index is 10.5. The molecule has 1 rings (SSSR count). The topological polar surface area (TPSA) is 129 Å². The van der Waals surface area contributed by atoms with Crippen molar-refractivity contribution < 1.29 is 5.48 Å². The molecule has 0 saturated heterocycles. The number of nitrogens with one attached hydrogen (secondary N) is 1. The first-order valence-corrected chi connectivity index (χ1v) is 2.31. The summed E-state index contributed by atoms with van der Waals surface area (Å²) < 4.78 is 0. The van der Waals surface area contributed by atoms with Crippen molar-refractivity contribution in [3.05, 3.63) is 16.4 Å². The number of nitrogens with two attached hydrogens (primary N) is 2. The van der Waals surface area contributed by atoms with Gasteiger partial charge in [0.2, 0.25) is 5.95 Å². The van der Waals surface area contributed by atoms with Crippen LogP contribution in [0.1, 0.15) is 0 Å². The zero-order chi connectivity index (χ0) is 6.85. The Morgan fingerprint density at radius 1 is 1.50 bits per heavy atom. The minimum atomic E-state index is -0.333. The lowest BCUT2D eigenvalue weighted by Gasteiger charge is -1.90. The van der Waals surface area contributed by atoms with Crippen LogP contribution in [0.25, 0.3) is 0 Å². The third kappa shape index (κ3) is 1.75. The summed E-state index contributed by atoms with van der Waals surface area (Å²) in [6.07, 6.45) is 0. The van der Waals surface area contributed by atoms with Crippen molar-refractivity contribution in [1.82, 2.24) is 9.97 Å². The summed E-state index contributed by atoms with van der Waals surface area (Å²) in [5.41, 5.74) is 9.93. The van der Waals surface area contributed by atoms with Gasteiger partial charge in [-0.2, -0.15) is 4.98 Å². The molecule has 1 aromatic rings. The van der Waals surface area contributed by atoms with E-state index in [2.05, 4.69) is 9.97 Å². The van der Waals surface area contributed by atoms with Gasteiger partial charge in [0.15, 0.2) is 0 Å². The fourth-order valence-corrected chi connectivity index (χ4v) is 0.496. The number of rotatable bonds is 0. The highest BCUT2D eigenvalue weighted by Gasteiger charge is 1.89. The van der Waals surface area contributed by atoms with E-state index >= 15 is 0 Å². The molecular weight excluding hydrogens is 136 g/mol. The molecule has 0 aliphatic rings. The van der Waals surface area contributed by atoms with Crippen LogP contribution in [0.3, 0.4) is 0 Å². The molecule has 1 aromatic heterocycles. The van der Waals surface area contributed by atoms with E-state index in [4.69, 9.17) is 11.5 Å². The van der Waals surface area contributed by atoms with Crippen LogP contribution in [0.15, 0.2) is 10.9 Å². The SMILES string of the molecule is Nc1cc(=O)[nH]c(N)n1.O. The molecule has 0 fully saturated rings. The molecule has 0 radical (unpaired) electrons. The fraction of sp³-hybridized carbons (Fsp3) is 0. The molecule has 0 saturated carbocycles. The smallest absolute Gasteiger partial charge is 0.254 e. The van der Waals surface area contributed by atoms with E-state index in [9.17, 15) is 4.79 Å². The van der Waals surface area contributed by atoms with E-state index in [1.54, 1.807) is 0 Å². The number of nitrogen functional groups attached to an aromatic ring is 2. The second-order valence-corrected chi connectivity index (χ2v) is 1.56. The van der Waals surface area contributed by atoms with E-state index in [1.807, 2.05) is 0 Å². The van der Waals surface area contributed by atoms with Crippen LogP contribution in [0, 0.1) is 0 Å². The van der Waals surface area contributed by atoms with Gasteiger partial charge in [-0.25, -0.2) is 0 Å². The van der Waals surface area contributed by atoms with E-state index in [0.717, 1.165) is 6.07 Å². The summed E-state index contributed by atoms with van der Waals surface area (Å²) in [5, 5.41) is 0. The van der Waals surface area contributed by atoms with Crippen LogP contribution in [0.2, 0.25) is 0 Å². The molecule has 1 heterocycles. The van der Waals surface area contributed by atoms with E-state index in [1.165, 1.54) is 0 Å². The molecule has 0 aromatic carbocycles. The van der Waals surface area contributed by atoms with Gasteiger partial charge in [-0.1, -0.05) is 0 Å². The number of hydrogen-bond acceptors (Lipinski definition) is 4. The molecule has 56 valence electrons. The van der Waals surface area contributed by atoms with Crippen LogP contribution in [-0.2, 0) is 0 Å². The normalized spacial score (nSPS) is 8.40. The number of hydrogen-bond donors (Lipinski definition) is 3. The number of nitrogens with zero attached hydrogens (tertiary/aromatic N) is 1. The largest absolute Gasteiger partial charge is 0.412 e. The Morgan fingerprint density at radius 3 is 2.50 bits per heavy atom. The first-order chi connectivity index (χ1) is 4.18. The molecular formula is C4H8N4O2. The molecule has 7 N–H and O–H groups in total. The number of H-pyrrole nitrogens is 1. The van der Waals surface area contributed by atoms with Crippen molar-refractivity contribution in [2.24, 2.45) is 0 Å². The first-order valence-electron chi connectivity index (χ1n) is 2.31. The molecule has 0 aliphatic heterocycles. The van der Waals surface area contributed by atoms with Crippen molar-refractivity contribution in [1.29, 1.82) is 0 Å². The fourth-order valence-electron chi connectivity index (χ4n) is 0.496. The minimum Gasteiger partial charge on any atom is -0.412 e. The minimum absolute atomic E-state index is 0. The van der Waals surface area contributed by atoms with Crippen LogP contribution >= 0.6 is 0 Å². The monoisotopic (exact) mass is 144 g/mol. The van der Waals surface area contributed by atoms with Crippen LogP contribution in [-0.4, -0.2) is 15.4 Å². The molecule has 0 spiro atoms. The summed E-state index contributed by atoms with van der Waals surface area (Å²) in [7, 11) is 0. The van der Waals surface area contributed by atoms with Crippen molar-refractivity contribution in [3.63, 3.8) is 0 Å². The third-order valence-electron chi connectivity index (χ3n) is 0.780. The maximum Gasteiger partial charge on any atom is 0.254 e. The van der Waals surface area contributed by atoms with Gasteiger partial charge in [-0.05, 0) is 0 Å². The average molecular weight is 144 g/mol. The molecule has 6 heteroatoms. The molecule has 0 bridgehead atoms. The average Bonchev–Trinajstić information content (AvgIpc) is 1.59. The lowest BCUT2D eigenvalue weighted by molar-refractivity contribution is 0.824.